The van der Waals surface area contributed by atoms with E-state index in [0.29, 0.717) is 24.5 Å². The second-order valence-corrected chi connectivity index (χ2v) is 7.00. The molecular weight excluding hydrogens is 313 g/mol. The first kappa shape index (κ1) is 17.7. The standard InChI is InChI=1S/C17H22NO4P/c1-3-22-16-10-8-14(9-11-16)17(23(19,20)21)18-12-15-7-5-4-6-13(15)2/h4-11,17-18H,3,12H2,1-2H3,(H2,19,20,21)/t17-/m1/s1. The van der Waals surface area contributed by atoms with Crippen LogP contribution in [-0.4, -0.2) is 16.4 Å². The Morgan fingerprint density at radius 1 is 1.13 bits per heavy atom. The van der Waals surface area contributed by atoms with Gasteiger partial charge in [-0.1, -0.05) is 36.4 Å². The molecule has 0 saturated carbocycles. The van der Waals surface area contributed by atoms with Gasteiger partial charge in [0.15, 0.2) is 0 Å². The van der Waals surface area contributed by atoms with Gasteiger partial charge in [0.2, 0.25) is 0 Å². The third-order valence-electron chi connectivity index (χ3n) is 3.59. The van der Waals surface area contributed by atoms with Crippen molar-refractivity contribution >= 4 is 7.60 Å². The highest BCUT2D eigenvalue weighted by atomic mass is 31.2. The molecule has 23 heavy (non-hydrogen) atoms. The van der Waals surface area contributed by atoms with Crippen molar-refractivity contribution in [2.45, 2.75) is 26.2 Å². The van der Waals surface area contributed by atoms with E-state index in [9.17, 15) is 14.4 Å². The second-order valence-electron chi connectivity index (χ2n) is 5.30. The predicted octanol–water partition coefficient (Wildman–Crippen LogP) is 3.36. The van der Waals surface area contributed by atoms with Gasteiger partial charge in [0.05, 0.1) is 6.61 Å². The third kappa shape index (κ3) is 4.91. The Morgan fingerprint density at radius 2 is 1.78 bits per heavy atom. The van der Waals surface area contributed by atoms with Crippen molar-refractivity contribution in [3.63, 3.8) is 0 Å². The molecule has 0 aliphatic rings. The Bertz CT molecular complexity index is 681. The molecule has 3 N–H and O–H groups in total. The van der Waals surface area contributed by atoms with E-state index >= 15 is 0 Å². The third-order valence-corrected chi connectivity index (χ3v) is 4.74. The molecule has 0 saturated heterocycles. The average Bonchev–Trinajstić information content (AvgIpc) is 2.50. The second kappa shape index (κ2) is 7.75. The topological polar surface area (TPSA) is 78.8 Å². The maximum atomic E-state index is 11.8. The summed E-state index contributed by atoms with van der Waals surface area (Å²) < 4.78 is 17.2. The quantitative estimate of drug-likeness (QED) is 0.676. The number of aryl methyl sites for hydroxylation is 1. The van der Waals surface area contributed by atoms with Gasteiger partial charge < -0.3 is 14.5 Å². The van der Waals surface area contributed by atoms with Crippen LogP contribution in [-0.2, 0) is 11.1 Å². The molecule has 0 radical (unpaired) electrons. The summed E-state index contributed by atoms with van der Waals surface area (Å²) in [5.41, 5.74) is 2.63. The summed E-state index contributed by atoms with van der Waals surface area (Å²) in [4.78, 5) is 19.3. The molecule has 2 rings (SSSR count). The largest absolute Gasteiger partial charge is 0.494 e. The van der Waals surface area contributed by atoms with Crippen molar-refractivity contribution in [1.29, 1.82) is 0 Å². The number of hydrogen-bond donors (Lipinski definition) is 3. The van der Waals surface area contributed by atoms with Crippen LogP contribution in [0.3, 0.4) is 0 Å². The zero-order valence-electron chi connectivity index (χ0n) is 13.3. The molecular formula is C17H22NO4P. The SMILES string of the molecule is CCOc1ccc([C@H](NCc2ccccc2C)P(=O)(O)O)cc1. The van der Waals surface area contributed by atoms with Gasteiger partial charge >= 0.3 is 7.60 Å². The first-order valence-corrected chi connectivity index (χ1v) is 9.16. The molecule has 0 aromatic heterocycles. The molecule has 0 unspecified atom stereocenters. The van der Waals surface area contributed by atoms with Gasteiger partial charge in [0.1, 0.15) is 11.5 Å². The molecule has 2 aromatic carbocycles. The summed E-state index contributed by atoms with van der Waals surface area (Å²) in [6, 6.07) is 14.6. The van der Waals surface area contributed by atoms with Crippen molar-refractivity contribution in [3.05, 3.63) is 65.2 Å². The fourth-order valence-corrected chi connectivity index (χ4v) is 3.25. The molecule has 0 aliphatic carbocycles. The predicted molar refractivity (Wildman–Crippen MR) is 90.4 cm³/mol. The molecule has 0 heterocycles. The van der Waals surface area contributed by atoms with E-state index in [1.807, 2.05) is 38.1 Å². The highest BCUT2D eigenvalue weighted by Gasteiger charge is 2.30. The summed E-state index contributed by atoms with van der Waals surface area (Å²) in [5.74, 6) is -0.364. The van der Waals surface area contributed by atoms with Crippen LogP contribution in [0.1, 0.15) is 29.4 Å². The molecule has 124 valence electrons. The summed E-state index contributed by atoms with van der Waals surface area (Å²) in [6.07, 6.45) is 0. The van der Waals surface area contributed by atoms with Gasteiger partial charge in [-0.2, -0.15) is 0 Å². The van der Waals surface area contributed by atoms with Gasteiger partial charge in [0, 0.05) is 6.54 Å². The number of nitrogens with one attached hydrogen (secondary N) is 1. The summed E-state index contributed by atoms with van der Waals surface area (Å²) in [6.45, 7) is 4.79. The van der Waals surface area contributed by atoms with Crippen LogP contribution >= 0.6 is 7.60 Å². The van der Waals surface area contributed by atoms with E-state index in [-0.39, 0.29) is 0 Å². The first-order chi connectivity index (χ1) is 10.9. The zero-order chi connectivity index (χ0) is 16.9. The molecule has 0 fully saturated rings. The number of ether oxygens (including phenoxy) is 1. The Kier molecular flexibility index (Phi) is 5.97. The molecule has 0 aliphatic heterocycles. The Hall–Kier alpha value is -1.65. The van der Waals surface area contributed by atoms with Gasteiger partial charge in [0.25, 0.3) is 0 Å². The number of benzene rings is 2. The smallest absolute Gasteiger partial charge is 0.346 e. The van der Waals surface area contributed by atoms with Crippen molar-refractivity contribution < 1.29 is 19.1 Å². The first-order valence-electron chi connectivity index (χ1n) is 7.47. The lowest BCUT2D eigenvalue weighted by molar-refractivity contribution is 0.338. The maximum Gasteiger partial charge on any atom is 0.346 e. The van der Waals surface area contributed by atoms with E-state index in [1.54, 1.807) is 24.3 Å². The van der Waals surface area contributed by atoms with Crippen LogP contribution in [0.5, 0.6) is 5.75 Å². The number of rotatable bonds is 7. The van der Waals surface area contributed by atoms with Crippen LogP contribution in [0.2, 0.25) is 0 Å². The lowest BCUT2D eigenvalue weighted by Crippen LogP contribution is -2.21. The van der Waals surface area contributed by atoms with Crippen molar-refractivity contribution in [3.8, 4) is 5.75 Å². The number of hydrogen-bond acceptors (Lipinski definition) is 3. The summed E-state index contributed by atoms with van der Waals surface area (Å²) in [5, 5.41) is 2.98. The Labute approximate surface area is 136 Å². The van der Waals surface area contributed by atoms with Crippen LogP contribution in [0.4, 0.5) is 0 Å². The fourth-order valence-electron chi connectivity index (χ4n) is 2.36. The Balaban J connectivity index is 2.17. The van der Waals surface area contributed by atoms with Crippen LogP contribution in [0, 0.1) is 6.92 Å². The Morgan fingerprint density at radius 3 is 2.35 bits per heavy atom. The molecule has 0 spiro atoms. The molecule has 6 heteroatoms. The molecule has 2 aromatic rings. The molecule has 1 atom stereocenters. The average molecular weight is 335 g/mol. The summed E-state index contributed by atoms with van der Waals surface area (Å²) in [7, 11) is -4.33. The minimum Gasteiger partial charge on any atom is -0.494 e. The van der Waals surface area contributed by atoms with Crippen LogP contribution in [0.15, 0.2) is 48.5 Å². The van der Waals surface area contributed by atoms with Gasteiger partial charge in [-0.3, -0.25) is 9.88 Å². The van der Waals surface area contributed by atoms with E-state index in [4.69, 9.17) is 4.74 Å². The highest BCUT2D eigenvalue weighted by Crippen LogP contribution is 2.50. The zero-order valence-corrected chi connectivity index (χ0v) is 14.2. The van der Waals surface area contributed by atoms with Crippen LogP contribution < -0.4 is 10.1 Å². The lowest BCUT2D eigenvalue weighted by atomic mass is 10.1. The van der Waals surface area contributed by atoms with Gasteiger partial charge in [-0.05, 0) is 42.7 Å². The highest BCUT2D eigenvalue weighted by molar-refractivity contribution is 7.52. The van der Waals surface area contributed by atoms with Crippen molar-refractivity contribution in [1.82, 2.24) is 5.32 Å². The monoisotopic (exact) mass is 335 g/mol. The van der Waals surface area contributed by atoms with Crippen LogP contribution in [0.25, 0.3) is 0 Å². The minimum absolute atomic E-state index is 0.385. The molecule has 5 nitrogen and oxygen atoms in total. The fraction of sp³-hybridized carbons (Fsp3) is 0.294. The van der Waals surface area contributed by atoms with E-state index in [0.717, 1.165) is 11.1 Å². The lowest BCUT2D eigenvalue weighted by Gasteiger charge is -2.21. The minimum atomic E-state index is -4.33. The van der Waals surface area contributed by atoms with E-state index in [2.05, 4.69) is 5.32 Å². The van der Waals surface area contributed by atoms with Gasteiger partial charge in [-0.15, -0.1) is 0 Å². The summed E-state index contributed by atoms with van der Waals surface area (Å²) >= 11 is 0. The van der Waals surface area contributed by atoms with Crippen molar-refractivity contribution in [2.75, 3.05) is 6.61 Å². The van der Waals surface area contributed by atoms with E-state index < -0.39 is 13.4 Å². The maximum absolute atomic E-state index is 11.8. The normalized spacial score (nSPS) is 12.9. The molecule has 0 amide bonds. The van der Waals surface area contributed by atoms with E-state index in [1.165, 1.54) is 0 Å². The van der Waals surface area contributed by atoms with Gasteiger partial charge in [-0.25, -0.2) is 0 Å². The van der Waals surface area contributed by atoms with Crippen molar-refractivity contribution in [2.24, 2.45) is 0 Å². The molecule has 0 bridgehead atoms.